The summed E-state index contributed by atoms with van der Waals surface area (Å²) in [6.45, 7) is 1.59. The fraction of sp³-hybridized carbons (Fsp3) is 0.333. The average molecular weight is 238 g/mol. The maximum absolute atomic E-state index is 11.3. The third-order valence-electron chi connectivity index (χ3n) is 2.68. The summed E-state index contributed by atoms with van der Waals surface area (Å²) in [4.78, 5) is 11.3. The van der Waals surface area contributed by atoms with Crippen LogP contribution in [0.4, 0.5) is 0 Å². The van der Waals surface area contributed by atoms with E-state index in [0.29, 0.717) is 10.6 Å². The van der Waals surface area contributed by atoms with Crippen LogP contribution in [0.5, 0.6) is 0 Å². The topological polar surface area (TPSA) is 61.1 Å². The Morgan fingerprint density at radius 3 is 2.69 bits per heavy atom. The molecule has 3 nitrogen and oxygen atoms in total. The highest BCUT2D eigenvalue weighted by atomic mass is 35.5. The summed E-state index contributed by atoms with van der Waals surface area (Å²) in [5.41, 5.74) is -0.548. The van der Waals surface area contributed by atoms with Crippen LogP contribution in [0.2, 0.25) is 5.02 Å². The normalized spacial score (nSPS) is 13.8. The van der Waals surface area contributed by atoms with Crippen molar-refractivity contribution in [3.63, 3.8) is 0 Å². The molecule has 0 aliphatic carbocycles. The molecule has 0 spiro atoms. The summed E-state index contributed by atoms with van der Waals surface area (Å²) >= 11 is 5.99. The van der Waals surface area contributed by atoms with Crippen molar-refractivity contribution in [3.05, 3.63) is 34.9 Å². The van der Waals surface area contributed by atoms with Gasteiger partial charge in [0.25, 0.3) is 0 Å². The number of hydrogen-bond donors (Lipinski definition) is 1. The fourth-order valence-corrected chi connectivity index (χ4v) is 1.92. The zero-order valence-electron chi connectivity index (χ0n) is 8.90. The third kappa shape index (κ3) is 2.34. The molecule has 1 unspecified atom stereocenters. The molecule has 16 heavy (non-hydrogen) atoms. The zero-order chi connectivity index (χ0) is 12.2. The van der Waals surface area contributed by atoms with E-state index in [0.717, 1.165) is 0 Å². The molecule has 0 aliphatic heterocycles. The number of carboxylic acids is 1. The van der Waals surface area contributed by atoms with Crippen molar-refractivity contribution in [2.45, 2.75) is 25.2 Å². The standard InChI is InChI=1S/C12H12ClNO2/c1-12(11(15)16,7-4-8-14)9-5-2-3-6-10(9)13/h2-3,5-6H,4,7H2,1H3,(H,15,16). The number of carboxylic acid groups (broad SMARTS) is 1. The molecule has 0 saturated carbocycles. The molecule has 1 rings (SSSR count). The van der Waals surface area contributed by atoms with Gasteiger partial charge in [0, 0.05) is 11.4 Å². The van der Waals surface area contributed by atoms with E-state index in [9.17, 15) is 9.90 Å². The predicted molar refractivity (Wildman–Crippen MR) is 61.3 cm³/mol. The van der Waals surface area contributed by atoms with Gasteiger partial charge in [0.15, 0.2) is 0 Å². The molecule has 1 N–H and O–H groups in total. The number of nitrogens with zero attached hydrogens (tertiary/aromatic N) is 1. The highest BCUT2D eigenvalue weighted by molar-refractivity contribution is 6.31. The minimum absolute atomic E-state index is 0.189. The van der Waals surface area contributed by atoms with Crippen molar-refractivity contribution in [2.24, 2.45) is 0 Å². The lowest BCUT2D eigenvalue weighted by atomic mass is 9.78. The van der Waals surface area contributed by atoms with Crippen molar-refractivity contribution < 1.29 is 9.90 Å². The second-order valence-corrected chi connectivity index (χ2v) is 4.18. The van der Waals surface area contributed by atoms with Crippen molar-refractivity contribution >= 4 is 17.6 Å². The van der Waals surface area contributed by atoms with E-state index in [1.807, 2.05) is 6.07 Å². The van der Waals surface area contributed by atoms with Crippen LogP contribution in [-0.4, -0.2) is 11.1 Å². The lowest BCUT2D eigenvalue weighted by Crippen LogP contribution is -2.32. The average Bonchev–Trinajstić information content (AvgIpc) is 2.26. The first-order chi connectivity index (χ1) is 7.52. The van der Waals surface area contributed by atoms with Crippen LogP contribution < -0.4 is 0 Å². The van der Waals surface area contributed by atoms with Crippen LogP contribution in [0, 0.1) is 11.3 Å². The summed E-state index contributed by atoms with van der Waals surface area (Å²) in [5, 5.41) is 18.2. The lowest BCUT2D eigenvalue weighted by molar-refractivity contribution is -0.143. The summed E-state index contributed by atoms with van der Waals surface area (Å²) in [6.07, 6.45) is 0.441. The van der Waals surface area contributed by atoms with Gasteiger partial charge in [0.1, 0.15) is 0 Å². The Bertz CT molecular complexity index is 439. The first-order valence-corrected chi connectivity index (χ1v) is 5.25. The number of rotatable bonds is 4. The Morgan fingerprint density at radius 1 is 1.56 bits per heavy atom. The highest BCUT2D eigenvalue weighted by Crippen LogP contribution is 2.34. The summed E-state index contributed by atoms with van der Waals surface area (Å²) in [7, 11) is 0. The van der Waals surface area contributed by atoms with Gasteiger partial charge in [-0.2, -0.15) is 5.26 Å². The predicted octanol–water partition coefficient (Wildman–Crippen LogP) is 2.99. The molecule has 0 saturated heterocycles. The molecule has 0 radical (unpaired) electrons. The second kappa shape index (κ2) is 5.00. The number of aliphatic carboxylic acids is 1. The van der Waals surface area contributed by atoms with Crippen LogP contribution in [0.15, 0.2) is 24.3 Å². The smallest absolute Gasteiger partial charge is 0.313 e. The third-order valence-corrected chi connectivity index (χ3v) is 3.01. The number of nitriles is 1. The monoisotopic (exact) mass is 237 g/mol. The molecule has 1 aromatic rings. The summed E-state index contributed by atoms with van der Waals surface area (Å²) in [5.74, 6) is -0.962. The maximum Gasteiger partial charge on any atom is 0.313 e. The lowest BCUT2D eigenvalue weighted by Gasteiger charge is -2.25. The molecule has 0 bridgehead atoms. The Morgan fingerprint density at radius 2 is 2.19 bits per heavy atom. The van der Waals surface area contributed by atoms with Crippen molar-refractivity contribution in [1.29, 1.82) is 5.26 Å². The van der Waals surface area contributed by atoms with Crippen molar-refractivity contribution in [2.75, 3.05) is 0 Å². The Balaban J connectivity index is 3.17. The van der Waals surface area contributed by atoms with Gasteiger partial charge in [-0.3, -0.25) is 4.79 Å². The molecule has 0 heterocycles. The Labute approximate surface area is 99.3 Å². The SMILES string of the molecule is CC(CCC#N)(C(=O)O)c1ccccc1Cl. The molecular formula is C12H12ClNO2. The fourth-order valence-electron chi connectivity index (χ4n) is 1.57. The van der Waals surface area contributed by atoms with E-state index >= 15 is 0 Å². The van der Waals surface area contributed by atoms with Crippen LogP contribution >= 0.6 is 11.6 Å². The van der Waals surface area contributed by atoms with E-state index in [1.54, 1.807) is 31.2 Å². The van der Waals surface area contributed by atoms with Crippen molar-refractivity contribution in [3.8, 4) is 6.07 Å². The van der Waals surface area contributed by atoms with Gasteiger partial charge in [-0.05, 0) is 25.0 Å². The first-order valence-electron chi connectivity index (χ1n) is 4.87. The van der Waals surface area contributed by atoms with Crippen LogP contribution in [0.1, 0.15) is 25.3 Å². The van der Waals surface area contributed by atoms with E-state index in [1.165, 1.54) is 0 Å². The van der Waals surface area contributed by atoms with Gasteiger partial charge in [0.05, 0.1) is 11.5 Å². The maximum atomic E-state index is 11.3. The van der Waals surface area contributed by atoms with Gasteiger partial charge in [-0.25, -0.2) is 0 Å². The molecule has 4 heteroatoms. The molecular weight excluding hydrogens is 226 g/mol. The summed E-state index contributed by atoms with van der Waals surface area (Å²) < 4.78 is 0. The largest absolute Gasteiger partial charge is 0.481 e. The van der Waals surface area contributed by atoms with Crippen LogP contribution in [-0.2, 0) is 10.2 Å². The van der Waals surface area contributed by atoms with E-state index in [-0.39, 0.29) is 12.8 Å². The molecule has 84 valence electrons. The highest BCUT2D eigenvalue weighted by Gasteiger charge is 2.36. The molecule has 0 aliphatic rings. The summed E-state index contributed by atoms with van der Waals surface area (Å²) in [6, 6.07) is 8.80. The first kappa shape index (κ1) is 12.5. The number of carbonyl (C=O) groups is 1. The van der Waals surface area contributed by atoms with Gasteiger partial charge in [-0.15, -0.1) is 0 Å². The van der Waals surface area contributed by atoms with Gasteiger partial charge >= 0.3 is 5.97 Å². The second-order valence-electron chi connectivity index (χ2n) is 3.78. The Hall–Kier alpha value is -1.53. The Kier molecular flexibility index (Phi) is 3.92. The number of benzene rings is 1. The minimum Gasteiger partial charge on any atom is -0.481 e. The molecule has 1 atom stereocenters. The van der Waals surface area contributed by atoms with Crippen LogP contribution in [0.3, 0.4) is 0 Å². The van der Waals surface area contributed by atoms with Crippen LogP contribution in [0.25, 0.3) is 0 Å². The van der Waals surface area contributed by atoms with E-state index in [2.05, 4.69) is 0 Å². The molecule has 0 aromatic heterocycles. The van der Waals surface area contributed by atoms with Gasteiger partial charge in [-0.1, -0.05) is 29.8 Å². The molecule has 0 amide bonds. The minimum atomic E-state index is -1.10. The van der Waals surface area contributed by atoms with Gasteiger partial charge < -0.3 is 5.11 Å². The van der Waals surface area contributed by atoms with Gasteiger partial charge in [0.2, 0.25) is 0 Å². The quantitative estimate of drug-likeness (QED) is 0.876. The molecule has 1 aromatic carbocycles. The number of halogens is 1. The van der Waals surface area contributed by atoms with E-state index < -0.39 is 11.4 Å². The van der Waals surface area contributed by atoms with E-state index in [4.69, 9.17) is 16.9 Å². The zero-order valence-corrected chi connectivity index (χ0v) is 9.66. The number of hydrogen-bond acceptors (Lipinski definition) is 2. The van der Waals surface area contributed by atoms with Crippen molar-refractivity contribution in [1.82, 2.24) is 0 Å². The molecule has 0 fully saturated rings.